The van der Waals surface area contributed by atoms with Crippen LogP contribution in [0, 0.1) is 0 Å². The van der Waals surface area contributed by atoms with E-state index in [-0.39, 0.29) is 25.2 Å². The smallest absolute Gasteiger partial charge is 0.267 e. The first-order valence-corrected chi connectivity index (χ1v) is 16.5. The molecule has 2 aromatic rings. The molecular formula is C31H37N5O2S4. The molecule has 0 spiro atoms. The molecule has 0 N–H and O–H groups in total. The van der Waals surface area contributed by atoms with E-state index in [1.54, 1.807) is 9.80 Å². The zero-order chi connectivity index (χ0) is 30.4. The number of carbonyl (C=O) groups excluding carboxylic acids is 2. The van der Waals surface area contributed by atoms with Gasteiger partial charge in [-0.2, -0.15) is 0 Å². The molecule has 0 atom stereocenters. The van der Waals surface area contributed by atoms with E-state index in [0.717, 1.165) is 48.7 Å². The highest BCUT2D eigenvalue weighted by Gasteiger charge is 2.36. The Morgan fingerprint density at radius 2 is 0.976 bits per heavy atom. The van der Waals surface area contributed by atoms with Crippen molar-refractivity contribution >= 4 is 91.9 Å². The lowest BCUT2D eigenvalue weighted by atomic mass is 10.1. The molecule has 2 aliphatic rings. The fourth-order valence-electron chi connectivity index (χ4n) is 4.81. The van der Waals surface area contributed by atoms with Gasteiger partial charge in [-0.3, -0.25) is 24.3 Å². The van der Waals surface area contributed by atoms with Crippen molar-refractivity contribution in [2.24, 2.45) is 0 Å². The molecule has 2 saturated heterocycles. The molecule has 7 nitrogen and oxygen atoms in total. The van der Waals surface area contributed by atoms with Gasteiger partial charge < -0.3 is 9.80 Å². The lowest BCUT2D eigenvalue weighted by molar-refractivity contribution is -0.124. The predicted octanol–water partition coefficient (Wildman–Crippen LogP) is 6.33. The summed E-state index contributed by atoms with van der Waals surface area (Å²) in [5.74, 6) is -0.272. The Bertz CT molecular complexity index is 1280. The van der Waals surface area contributed by atoms with Crippen molar-refractivity contribution in [3.63, 3.8) is 0 Å². The highest BCUT2D eigenvalue weighted by molar-refractivity contribution is 8.27. The average Bonchev–Trinajstić information content (AvgIpc) is 3.40. The molecule has 0 saturated carbocycles. The van der Waals surface area contributed by atoms with Crippen LogP contribution < -0.4 is 9.80 Å². The minimum absolute atomic E-state index is 0.136. The summed E-state index contributed by atoms with van der Waals surface area (Å²) in [5, 5.41) is 0. The van der Waals surface area contributed by atoms with Gasteiger partial charge in [0, 0.05) is 37.6 Å². The monoisotopic (exact) mass is 639 g/mol. The third-order valence-corrected chi connectivity index (χ3v) is 9.91. The number of hydrogen-bond acceptors (Lipinski definition) is 9. The number of thiocarbonyl (C=S) groups is 2. The van der Waals surface area contributed by atoms with E-state index >= 15 is 0 Å². The van der Waals surface area contributed by atoms with E-state index in [1.807, 2.05) is 48.4 Å². The van der Waals surface area contributed by atoms with Crippen LogP contribution in [0.4, 0.5) is 11.4 Å². The number of anilines is 2. The quantitative estimate of drug-likeness (QED) is 0.196. The Kier molecular flexibility index (Phi) is 11.2. The van der Waals surface area contributed by atoms with Crippen molar-refractivity contribution < 1.29 is 9.59 Å². The van der Waals surface area contributed by atoms with Crippen LogP contribution >= 0.6 is 48.0 Å². The molecule has 2 fully saturated rings. The first-order chi connectivity index (χ1) is 20.2. The molecule has 222 valence electrons. The van der Waals surface area contributed by atoms with Crippen LogP contribution in [0.25, 0.3) is 12.2 Å². The maximum Gasteiger partial charge on any atom is 0.267 e. The Balaban J connectivity index is 1.37. The number of benzene rings is 2. The molecule has 2 aromatic carbocycles. The molecule has 2 amide bonds. The molecule has 0 radical (unpaired) electrons. The third kappa shape index (κ3) is 7.44. The highest BCUT2D eigenvalue weighted by atomic mass is 32.2. The predicted molar refractivity (Wildman–Crippen MR) is 188 cm³/mol. The van der Waals surface area contributed by atoms with Gasteiger partial charge in [-0.1, -0.05) is 72.2 Å². The minimum Gasteiger partial charge on any atom is -0.372 e. The second-order valence-corrected chi connectivity index (χ2v) is 13.2. The van der Waals surface area contributed by atoms with Gasteiger partial charge in [-0.15, -0.1) is 0 Å². The van der Waals surface area contributed by atoms with Crippen LogP contribution in [-0.4, -0.2) is 81.7 Å². The van der Waals surface area contributed by atoms with Gasteiger partial charge >= 0.3 is 0 Å². The maximum atomic E-state index is 13.2. The molecule has 0 unspecified atom stereocenters. The summed E-state index contributed by atoms with van der Waals surface area (Å²) in [6.45, 7) is 12.8. The van der Waals surface area contributed by atoms with Crippen molar-refractivity contribution in [2.75, 3.05) is 56.4 Å². The summed E-state index contributed by atoms with van der Waals surface area (Å²) in [4.78, 5) is 37.2. The summed E-state index contributed by atoms with van der Waals surface area (Å²) in [6, 6.07) is 16.4. The summed E-state index contributed by atoms with van der Waals surface area (Å²) < 4.78 is 0.993. The second kappa shape index (κ2) is 14.7. The number of thioether (sulfide) groups is 2. The van der Waals surface area contributed by atoms with E-state index in [0.29, 0.717) is 18.5 Å². The molecule has 0 aliphatic carbocycles. The van der Waals surface area contributed by atoms with E-state index in [2.05, 4.69) is 61.8 Å². The van der Waals surface area contributed by atoms with E-state index in [1.165, 1.54) is 23.5 Å². The van der Waals surface area contributed by atoms with Crippen LogP contribution in [0.5, 0.6) is 0 Å². The summed E-state index contributed by atoms with van der Waals surface area (Å²) in [6.07, 6.45) is 3.76. The van der Waals surface area contributed by atoms with Gasteiger partial charge in [0.05, 0.1) is 23.1 Å². The fraction of sp³-hybridized carbons (Fsp3) is 0.355. The third-order valence-electron chi connectivity index (χ3n) is 7.15. The lowest BCUT2D eigenvalue weighted by Gasteiger charge is -2.27. The lowest BCUT2D eigenvalue weighted by Crippen LogP contribution is -2.44. The fourth-order valence-corrected chi connectivity index (χ4v) is 7.30. The van der Waals surface area contributed by atoms with E-state index in [4.69, 9.17) is 24.4 Å². The van der Waals surface area contributed by atoms with Crippen molar-refractivity contribution in [3.8, 4) is 0 Å². The Morgan fingerprint density at radius 3 is 1.29 bits per heavy atom. The molecule has 0 aromatic heterocycles. The first-order valence-electron chi connectivity index (χ1n) is 14.1. The maximum absolute atomic E-state index is 13.2. The van der Waals surface area contributed by atoms with Crippen LogP contribution in [0.2, 0.25) is 0 Å². The average molecular weight is 640 g/mol. The van der Waals surface area contributed by atoms with Gasteiger partial charge in [0.25, 0.3) is 11.8 Å². The van der Waals surface area contributed by atoms with Crippen LogP contribution in [-0.2, 0) is 9.59 Å². The largest absolute Gasteiger partial charge is 0.372 e. The number of nitrogens with zero attached hydrogens (tertiary/aromatic N) is 5. The summed E-state index contributed by atoms with van der Waals surface area (Å²) >= 11 is 13.7. The zero-order valence-electron chi connectivity index (χ0n) is 24.7. The van der Waals surface area contributed by atoms with Gasteiger partial charge in [-0.25, -0.2) is 0 Å². The van der Waals surface area contributed by atoms with Gasteiger partial charge in [0.1, 0.15) is 8.64 Å². The van der Waals surface area contributed by atoms with Gasteiger partial charge in [0.15, 0.2) is 0 Å². The first kappa shape index (κ1) is 32.2. The molecule has 2 heterocycles. The Hall–Kier alpha value is -2.70. The standard InChI is InChI=1S/C31H37N5O2S4/c1-6-33(7-2)24-14-10-22(11-15-24)18-26-28(37)35(30(39)41-26)20-32(5)21-36-29(38)27(42-31(36)40)19-23-12-16-25(17-13-23)34(8-3)9-4/h10-19H,6-9,20-21H2,1-5H3/b26-18-,27-19+. The number of amides is 2. The molecule has 4 rings (SSSR count). The SMILES string of the molecule is CCN(CC)c1ccc(/C=C2\SC(=S)N(CN(C)CN3C(=O)/C(=C\c4ccc(N(CC)CC)cc4)SC3=S)C2=O)cc1. The number of hydrogen-bond donors (Lipinski definition) is 0. The van der Waals surface area contributed by atoms with Crippen LogP contribution in [0.15, 0.2) is 58.3 Å². The van der Waals surface area contributed by atoms with Crippen molar-refractivity contribution in [3.05, 3.63) is 69.5 Å². The van der Waals surface area contributed by atoms with Crippen LogP contribution in [0.3, 0.4) is 0 Å². The van der Waals surface area contributed by atoms with Crippen molar-refractivity contribution in [2.45, 2.75) is 27.7 Å². The number of rotatable bonds is 12. The zero-order valence-corrected chi connectivity index (χ0v) is 28.0. The Morgan fingerprint density at radius 1 is 0.643 bits per heavy atom. The molecular weight excluding hydrogens is 603 g/mol. The van der Waals surface area contributed by atoms with Crippen molar-refractivity contribution in [1.82, 2.24) is 14.7 Å². The van der Waals surface area contributed by atoms with Gasteiger partial charge in [-0.05, 0) is 82.3 Å². The summed E-state index contributed by atoms with van der Waals surface area (Å²) in [7, 11) is 1.85. The molecule has 11 heteroatoms. The normalized spacial score (nSPS) is 17.5. The topological polar surface area (TPSA) is 50.3 Å². The second-order valence-electron chi connectivity index (χ2n) is 9.89. The molecule has 2 aliphatic heterocycles. The van der Waals surface area contributed by atoms with Crippen molar-refractivity contribution in [1.29, 1.82) is 0 Å². The highest BCUT2D eigenvalue weighted by Crippen LogP contribution is 2.35. The van der Waals surface area contributed by atoms with Crippen LogP contribution in [0.1, 0.15) is 38.8 Å². The summed E-state index contributed by atoms with van der Waals surface area (Å²) in [5.41, 5.74) is 4.22. The van der Waals surface area contributed by atoms with E-state index in [9.17, 15) is 9.59 Å². The van der Waals surface area contributed by atoms with E-state index < -0.39 is 0 Å². The molecule has 42 heavy (non-hydrogen) atoms. The minimum atomic E-state index is -0.136. The van der Waals surface area contributed by atoms with Gasteiger partial charge in [0.2, 0.25) is 0 Å². The Labute approximate surface area is 268 Å². The molecule has 0 bridgehead atoms. The number of carbonyl (C=O) groups is 2.